The number of hydrogen-bond acceptors (Lipinski definition) is 7. The summed E-state index contributed by atoms with van der Waals surface area (Å²) in [6, 6.07) is 10.9. The fourth-order valence-electron chi connectivity index (χ4n) is 2.69. The Kier molecular flexibility index (Phi) is 10.4. The number of amides is 1. The maximum Gasteiger partial charge on any atom is 0.257 e. The van der Waals surface area contributed by atoms with E-state index in [0.29, 0.717) is 24.6 Å². The van der Waals surface area contributed by atoms with Gasteiger partial charge >= 0.3 is 0 Å². The molecule has 0 fully saturated rings. The molecular weight excluding hydrogens is 492 g/mol. The molecule has 184 valence electrons. The minimum Gasteiger partial charge on any atom is -0.490 e. The maximum absolute atomic E-state index is 12.8. The van der Waals surface area contributed by atoms with Crippen molar-refractivity contribution < 1.29 is 26.4 Å². The third kappa shape index (κ3) is 10.3. The van der Waals surface area contributed by atoms with E-state index in [1.807, 2.05) is 13.8 Å². The van der Waals surface area contributed by atoms with Crippen molar-refractivity contribution in [2.24, 2.45) is 0 Å². The lowest BCUT2D eigenvalue weighted by Gasteiger charge is -2.16. The molecule has 0 heterocycles. The van der Waals surface area contributed by atoms with Gasteiger partial charge in [0.25, 0.3) is 5.91 Å². The van der Waals surface area contributed by atoms with Crippen LogP contribution in [0.1, 0.15) is 24.2 Å². The SMILES string of the molecule is CC(C)NCCOc1ccc(NC(=O)c2ccccc2NS(C)(=O)=O)cc1NS(C)(=O)=O.Cl. The minimum absolute atomic E-state index is 0. The average molecular weight is 521 g/mol. The lowest BCUT2D eigenvalue weighted by molar-refractivity contribution is 0.102. The summed E-state index contributed by atoms with van der Waals surface area (Å²) in [5.41, 5.74) is 0.690. The number of anilines is 3. The van der Waals surface area contributed by atoms with Crippen molar-refractivity contribution in [3.63, 3.8) is 0 Å². The summed E-state index contributed by atoms with van der Waals surface area (Å²) >= 11 is 0. The second kappa shape index (κ2) is 12.1. The third-order valence-corrected chi connectivity index (χ3v) is 5.09. The third-order valence-electron chi connectivity index (χ3n) is 3.91. The van der Waals surface area contributed by atoms with E-state index in [1.54, 1.807) is 24.3 Å². The van der Waals surface area contributed by atoms with E-state index >= 15 is 0 Å². The molecule has 0 aliphatic rings. The number of ether oxygens (including phenoxy) is 1. The second-order valence-corrected chi connectivity index (χ2v) is 10.9. The molecule has 0 saturated carbocycles. The molecule has 0 atom stereocenters. The van der Waals surface area contributed by atoms with Gasteiger partial charge in [-0.3, -0.25) is 14.2 Å². The summed E-state index contributed by atoms with van der Waals surface area (Å²) in [7, 11) is -7.19. The van der Waals surface area contributed by atoms with Crippen molar-refractivity contribution in [2.45, 2.75) is 19.9 Å². The lowest BCUT2D eigenvalue weighted by Crippen LogP contribution is -2.27. The van der Waals surface area contributed by atoms with Crippen molar-refractivity contribution in [3.8, 4) is 5.75 Å². The Labute approximate surface area is 201 Å². The topological polar surface area (TPSA) is 143 Å². The van der Waals surface area contributed by atoms with Crippen LogP contribution in [-0.2, 0) is 20.0 Å². The quantitative estimate of drug-likeness (QED) is 0.333. The molecule has 2 aromatic carbocycles. The van der Waals surface area contributed by atoms with Gasteiger partial charge in [0.15, 0.2) is 0 Å². The number of carbonyl (C=O) groups excluding carboxylic acids is 1. The number of benzene rings is 2. The van der Waals surface area contributed by atoms with Gasteiger partial charge in [0, 0.05) is 18.3 Å². The first kappa shape index (κ1) is 28.5. The predicted octanol–water partition coefficient (Wildman–Crippen LogP) is 2.48. The van der Waals surface area contributed by atoms with Crippen molar-refractivity contribution in [3.05, 3.63) is 48.0 Å². The highest BCUT2D eigenvalue weighted by Gasteiger charge is 2.16. The molecule has 0 saturated heterocycles. The van der Waals surface area contributed by atoms with Crippen LogP contribution < -0.4 is 24.8 Å². The van der Waals surface area contributed by atoms with Gasteiger partial charge in [0.2, 0.25) is 20.0 Å². The number of halogens is 1. The van der Waals surface area contributed by atoms with Crippen molar-refractivity contribution >= 4 is 55.4 Å². The van der Waals surface area contributed by atoms with Crippen LogP contribution in [0.25, 0.3) is 0 Å². The normalized spacial score (nSPS) is 11.4. The van der Waals surface area contributed by atoms with Crippen LogP contribution in [0.3, 0.4) is 0 Å². The zero-order valence-electron chi connectivity index (χ0n) is 18.7. The number of rotatable bonds is 11. The molecule has 2 rings (SSSR count). The van der Waals surface area contributed by atoms with E-state index in [-0.39, 0.29) is 35.4 Å². The monoisotopic (exact) mass is 520 g/mol. The molecule has 2 aromatic rings. The lowest BCUT2D eigenvalue weighted by atomic mass is 10.1. The number of sulfonamides is 2. The largest absolute Gasteiger partial charge is 0.490 e. The van der Waals surface area contributed by atoms with Gasteiger partial charge in [0.05, 0.1) is 29.4 Å². The van der Waals surface area contributed by atoms with Crippen LogP contribution in [0.5, 0.6) is 5.75 Å². The van der Waals surface area contributed by atoms with Crippen molar-refractivity contribution in [2.75, 3.05) is 40.4 Å². The van der Waals surface area contributed by atoms with Gasteiger partial charge in [-0.05, 0) is 30.3 Å². The van der Waals surface area contributed by atoms with Crippen LogP contribution in [0.4, 0.5) is 17.1 Å². The predicted molar refractivity (Wildman–Crippen MR) is 134 cm³/mol. The van der Waals surface area contributed by atoms with E-state index < -0.39 is 26.0 Å². The molecule has 1 amide bonds. The van der Waals surface area contributed by atoms with Gasteiger partial charge in [-0.25, -0.2) is 16.8 Å². The van der Waals surface area contributed by atoms with Crippen LogP contribution in [0.15, 0.2) is 42.5 Å². The molecule has 0 aliphatic heterocycles. The molecule has 13 heteroatoms. The van der Waals surface area contributed by atoms with Gasteiger partial charge in [-0.2, -0.15) is 0 Å². The molecule has 33 heavy (non-hydrogen) atoms. The molecule has 0 radical (unpaired) electrons. The Balaban J connectivity index is 0.00000544. The number of carbonyl (C=O) groups is 1. The molecule has 10 nitrogen and oxygen atoms in total. The molecule has 0 aliphatic carbocycles. The molecular formula is C20H29ClN4O6S2. The highest BCUT2D eigenvalue weighted by Crippen LogP contribution is 2.29. The summed E-state index contributed by atoms with van der Waals surface area (Å²) in [6.07, 6.45) is 2.00. The van der Waals surface area contributed by atoms with Gasteiger partial charge in [0.1, 0.15) is 12.4 Å². The van der Waals surface area contributed by atoms with Gasteiger partial charge in [-0.15, -0.1) is 12.4 Å². The molecule has 0 unspecified atom stereocenters. The first-order valence-corrected chi connectivity index (χ1v) is 13.5. The van der Waals surface area contributed by atoms with Crippen molar-refractivity contribution in [1.29, 1.82) is 0 Å². The highest BCUT2D eigenvalue weighted by molar-refractivity contribution is 7.92. The number of hydrogen-bond donors (Lipinski definition) is 4. The Morgan fingerprint density at radius 2 is 1.55 bits per heavy atom. The summed E-state index contributed by atoms with van der Waals surface area (Å²) < 4.78 is 57.0. The smallest absolute Gasteiger partial charge is 0.257 e. The van der Waals surface area contributed by atoms with Crippen LogP contribution in [0, 0.1) is 0 Å². The Morgan fingerprint density at radius 1 is 0.939 bits per heavy atom. The molecule has 4 N–H and O–H groups in total. The minimum atomic E-state index is -3.60. The summed E-state index contributed by atoms with van der Waals surface area (Å²) in [5.74, 6) is -0.269. The molecule has 0 aromatic heterocycles. The van der Waals surface area contributed by atoms with Crippen LogP contribution >= 0.6 is 12.4 Å². The first-order chi connectivity index (χ1) is 14.8. The fourth-order valence-corrected chi connectivity index (χ4v) is 3.83. The van der Waals surface area contributed by atoms with Crippen LogP contribution in [-0.4, -0.2) is 54.4 Å². The number of para-hydroxylation sites is 1. The highest BCUT2D eigenvalue weighted by atomic mass is 35.5. The van der Waals surface area contributed by atoms with E-state index in [2.05, 4.69) is 20.1 Å². The first-order valence-electron chi connectivity index (χ1n) is 9.70. The molecule has 0 spiro atoms. The summed E-state index contributed by atoms with van der Waals surface area (Å²) in [6.45, 7) is 4.88. The average Bonchev–Trinajstić information content (AvgIpc) is 2.64. The Morgan fingerprint density at radius 3 is 2.15 bits per heavy atom. The maximum atomic E-state index is 12.8. The fraction of sp³-hybridized carbons (Fsp3) is 0.350. The zero-order valence-corrected chi connectivity index (χ0v) is 21.2. The zero-order chi connectivity index (χ0) is 23.9. The van der Waals surface area contributed by atoms with E-state index in [9.17, 15) is 21.6 Å². The van der Waals surface area contributed by atoms with Gasteiger partial charge in [-0.1, -0.05) is 26.0 Å². The Hall–Kier alpha value is -2.54. The van der Waals surface area contributed by atoms with E-state index in [0.717, 1.165) is 12.5 Å². The second-order valence-electron chi connectivity index (χ2n) is 7.42. The summed E-state index contributed by atoms with van der Waals surface area (Å²) in [4.78, 5) is 12.8. The van der Waals surface area contributed by atoms with E-state index in [1.165, 1.54) is 18.2 Å². The molecule has 0 bridgehead atoms. The Bertz CT molecular complexity index is 1170. The number of nitrogens with one attached hydrogen (secondary N) is 4. The van der Waals surface area contributed by atoms with Gasteiger partial charge < -0.3 is 15.4 Å². The standard InChI is InChI=1S/C20H28N4O6S2.ClH/c1-14(2)21-11-12-30-19-10-9-15(13-18(19)24-32(4,28)29)22-20(25)16-7-5-6-8-17(16)23-31(3,26)27;/h5-10,13-14,21,23-24H,11-12H2,1-4H3,(H,22,25);1H. The van der Waals surface area contributed by atoms with Crippen molar-refractivity contribution in [1.82, 2.24) is 5.32 Å². The van der Waals surface area contributed by atoms with Crippen LogP contribution in [0.2, 0.25) is 0 Å². The van der Waals surface area contributed by atoms with E-state index in [4.69, 9.17) is 4.74 Å². The summed E-state index contributed by atoms with van der Waals surface area (Å²) in [5, 5.41) is 5.83.